The topological polar surface area (TPSA) is 135 Å². The maximum absolute atomic E-state index is 13.9. The van der Waals surface area contributed by atoms with Crippen LogP contribution in [0.5, 0.6) is 0 Å². The van der Waals surface area contributed by atoms with Gasteiger partial charge in [0.15, 0.2) is 18.5 Å². The Kier molecular flexibility index (Phi) is 10.1. The molecule has 2 fully saturated rings. The van der Waals surface area contributed by atoms with Gasteiger partial charge in [-0.3, -0.25) is 28.9 Å². The van der Waals surface area contributed by atoms with E-state index in [1.807, 2.05) is 0 Å². The number of esters is 3. The van der Waals surface area contributed by atoms with Crippen molar-refractivity contribution in [2.45, 2.75) is 89.6 Å². The molecule has 224 valence electrons. The lowest BCUT2D eigenvalue weighted by atomic mass is 9.93. The molecule has 15 heteroatoms. The molecule has 5 atom stereocenters. The Labute approximate surface area is 255 Å². The molecule has 2 amide bonds. The lowest BCUT2D eigenvalue weighted by molar-refractivity contribution is -0.297. The summed E-state index contributed by atoms with van der Waals surface area (Å²) in [4.78, 5) is 64.6. The fraction of sp³-hybridized carbons (Fsp3) is 0.577. The van der Waals surface area contributed by atoms with E-state index < -0.39 is 67.0 Å². The predicted octanol–water partition coefficient (Wildman–Crippen LogP) is 4.77. The minimum absolute atomic E-state index is 0.231. The minimum Gasteiger partial charge on any atom is -0.463 e. The molecule has 11 nitrogen and oxygen atoms in total. The van der Waals surface area contributed by atoms with Crippen LogP contribution in [0.2, 0.25) is 20.1 Å². The van der Waals surface area contributed by atoms with Crippen LogP contribution in [0.25, 0.3) is 0 Å². The molecule has 1 saturated heterocycles. The first-order valence-corrected chi connectivity index (χ1v) is 14.4. The Hall–Kier alpha value is -2.15. The molecule has 0 aromatic heterocycles. The average Bonchev–Trinajstić information content (AvgIpc) is 3.16. The molecule has 4 rings (SSSR count). The molecule has 0 radical (unpaired) electrons. The fourth-order valence-electron chi connectivity index (χ4n) is 5.30. The van der Waals surface area contributed by atoms with Gasteiger partial charge in [0.05, 0.1) is 37.3 Å². The highest BCUT2D eigenvalue weighted by Crippen LogP contribution is 2.46. The van der Waals surface area contributed by atoms with Gasteiger partial charge >= 0.3 is 17.9 Å². The molecule has 2 heterocycles. The highest BCUT2D eigenvalue weighted by atomic mass is 35.5. The second-order valence-corrected chi connectivity index (χ2v) is 11.4. The normalized spacial score (nSPS) is 26.5. The highest BCUT2D eigenvalue weighted by molar-refractivity contribution is 6.55. The SMILES string of the molecule is CC(=O)OC[C@H]1O[C@@H](OC2CCCCC2)[C@H](N2C(=O)c3c(Cl)c(Cl)c(Cl)c(Cl)c3C2=O)[C@@H](OC(C)=O)[C@@H]1OC(C)=O. The third-order valence-corrected chi connectivity index (χ3v) is 8.78. The molecule has 41 heavy (non-hydrogen) atoms. The molecule has 3 aliphatic rings. The molecule has 1 aromatic carbocycles. The summed E-state index contributed by atoms with van der Waals surface area (Å²) in [6.07, 6.45) is -1.78. The molecule has 0 unspecified atom stereocenters. The van der Waals surface area contributed by atoms with Gasteiger partial charge in [0.2, 0.25) is 0 Å². The Morgan fingerprint density at radius 3 is 1.78 bits per heavy atom. The quantitative estimate of drug-likeness (QED) is 0.133. The Morgan fingerprint density at radius 1 is 0.780 bits per heavy atom. The molecule has 1 saturated carbocycles. The van der Waals surface area contributed by atoms with E-state index in [-0.39, 0.29) is 37.3 Å². The molecule has 0 spiro atoms. The fourth-order valence-corrected chi connectivity index (χ4v) is 6.31. The van der Waals surface area contributed by atoms with Crippen molar-refractivity contribution in [3.8, 4) is 0 Å². The number of carbonyl (C=O) groups is 5. The first-order chi connectivity index (χ1) is 19.3. The zero-order chi connectivity index (χ0) is 30.2. The zero-order valence-electron chi connectivity index (χ0n) is 22.2. The van der Waals surface area contributed by atoms with Gasteiger partial charge in [-0.15, -0.1) is 0 Å². The number of carbonyl (C=O) groups excluding carboxylic acids is 5. The standard InChI is InChI=1S/C26H27Cl4NO10/c1-10(32)37-9-14-22(38-11(2)33)23(39-12(3)34)21(26(41-14)40-13-7-5-4-6-8-13)31-24(35)15-16(25(31)36)18(28)20(30)19(29)17(15)27/h13-14,21-23,26H,4-9H2,1-3H3/t14-,21-,22-,23-,26-/m1/s1. The van der Waals surface area contributed by atoms with Gasteiger partial charge in [-0.2, -0.15) is 0 Å². The van der Waals surface area contributed by atoms with Crippen LogP contribution in [0.3, 0.4) is 0 Å². The van der Waals surface area contributed by atoms with Crippen LogP contribution in [0.4, 0.5) is 0 Å². The maximum atomic E-state index is 13.9. The number of hydrogen-bond donors (Lipinski definition) is 0. The van der Waals surface area contributed by atoms with Crippen molar-refractivity contribution in [3.05, 3.63) is 31.2 Å². The summed E-state index contributed by atoms with van der Waals surface area (Å²) in [6.45, 7) is 2.98. The number of nitrogens with zero attached hydrogens (tertiary/aromatic N) is 1. The molecule has 0 bridgehead atoms. The van der Waals surface area contributed by atoms with Gasteiger partial charge in [0.25, 0.3) is 11.8 Å². The summed E-state index contributed by atoms with van der Waals surface area (Å²) in [5.74, 6) is -4.12. The molecule has 1 aliphatic carbocycles. The van der Waals surface area contributed by atoms with Gasteiger partial charge in [0, 0.05) is 20.8 Å². The molecular formula is C26H27Cl4NO10. The van der Waals surface area contributed by atoms with Crippen molar-refractivity contribution in [1.82, 2.24) is 4.90 Å². The number of imide groups is 1. The first-order valence-electron chi connectivity index (χ1n) is 12.9. The largest absolute Gasteiger partial charge is 0.463 e. The number of ether oxygens (including phenoxy) is 5. The third-order valence-electron chi connectivity index (χ3n) is 6.98. The smallest absolute Gasteiger partial charge is 0.303 e. The Balaban J connectivity index is 1.85. The summed E-state index contributed by atoms with van der Waals surface area (Å²) in [7, 11) is 0. The second kappa shape index (κ2) is 13.0. The van der Waals surface area contributed by atoms with Gasteiger partial charge in [-0.1, -0.05) is 65.7 Å². The van der Waals surface area contributed by atoms with Crippen molar-refractivity contribution in [3.63, 3.8) is 0 Å². The summed E-state index contributed by atoms with van der Waals surface area (Å²) in [5, 5.41) is -1.06. The van der Waals surface area contributed by atoms with Gasteiger partial charge < -0.3 is 23.7 Å². The van der Waals surface area contributed by atoms with Crippen molar-refractivity contribution >= 4 is 76.1 Å². The molecular weight excluding hydrogens is 628 g/mol. The lowest BCUT2D eigenvalue weighted by Crippen LogP contribution is -2.68. The van der Waals surface area contributed by atoms with E-state index >= 15 is 0 Å². The lowest BCUT2D eigenvalue weighted by Gasteiger charge is -2.48. The number of fused-ring (bicyclic) bond motifs is 1. The van der Waals surface area contributed by atoms with E-state index in [9.17, 15) is 24.0 Å². The van der Waals surface area contributed by atoms with E-state index in [0.717, 1.165) is 38.0 Å². The van der Waals surface area contributed by atoms with Gasteiger partial charge in [0.1, 0.15) is 18.8 Å². The van der Waals surface area contributed by atoms with Crippen LogP contribution < -0.4 is 0 Å². The van der Waals surface area contributed by atoms with E-state index in [1.54, 1.807) is 0 Å². The van der Waals surface area contributed by atoms with Gasteiger partial charge in [-0.25, -0.2) is 0 Å². The molecule has 0 N–H and O–H groups in total. The zero-order valence-corrected chi connectivity index (χ0v) is 25.3. The summed E-state index contributed by atoms with van der Waals surface area (Å²) in [6, 6.07) is -1.49. The van der Waals surface area contributed by atoms with Crippen LogP contribution >= 0.6 is 46.4 Å². The third kappa shape index (κ3) is 6.45. The summed E-state index contributed by atoms with van der Waals surface area (Å²) < 4.78 is 28.7. The number of amides is 2. The number of hydrogen-bond acceptors (Lipinski definition) is 10. The van der Waals surface area contributed by atoms with Crippen molar-refractivity contribution in [2.24, 2.45) is 0 Å². The average molecular weight is 655 g/mol. The number of benzene rings is 1. The van der Waals surface area contributed by atoms with Crippen LogP contribution in [0.1, 0.15) is 73.6 Å². The van der Waals surface area contributed by atoms with Crippen molar-refractivity contribution in [1.29, 1.82) is 0 Å². The minimum atomic E-state index is -1.51. The van der Waals surface area contributed by atoms with E-state index in [4.69, 9.17) is 70.1 Å². The first kappa shape index (κ1) is 31.8. The predicted molar refractivity (Wildman–Crippen MR) is 145 cm³/mol. The molecule has 2 aliphatic heterocycles. The number of rotatable bonds is 7. The molecule has 1 aromatic rings. The summed E-state index contributed by atoms with van der Waals surface area (Å²) >= 11 is 25.0. The van der Waals surface area contributed by atoms with Crippen molar-refractivity contribution in [2.75, 3.05) is 6.61 Å². The second-order valence-electron chi connectivity index (χ2n) is 9.87. The highest BCUT2D eigenvalue weighted by Gasteiger charge is 2.58. The monoisotopic (exact) mass is 653 g/mol. The van der Waals surface area contributed by atoms with Crippen LogP contribution in [-0.4, -0.2) is 78.0 Å². The van der Waals surface area contributed by atoms with E-state index in [1.165, 1.54) is 6.92 Å². The van der Waals surface area contributed by atoms with E-state index in [0.29, 0.717) is 12.8 Å². The summed E-state index contributed by atoms with van der Waals surface area (Å²) in [5.41, 5.74) is -0.611. The van der Waals surface area contributed by atoms with E-state index in [2.05, 4.69) is 0 Å². The van der Waals surface area contributed by atoms with Crippen LogP contribution in [-0.2, 0) is 38.1 Å². The van der Waals surface area contributed by atoms with Crippen molar-refractivity contribution < 1.29 is 47.7 Å². The maximum Gasteiger partial charge on any atom is 0.303 e. The van der Waals surface area contributed by atoms with Gasteiger partial charge in [-0.05, 0) is 12.8 Å². The Bertz CT molecular complexity index is 1220. The van der Waals surface area contributed by atoms with Crippen LogP contribution in [0.15, 0.2) is 0 Å². The van der Waals surface area contributed by atoms with Crippen LogP contribution in [0, 0.1) is 0 Å². The number of halogens is 4. The Morgan fingerprint density at radius 2 is 1.29 bits per heavy atom.